The Balaban J connectivity index is 1.39. The number of nitrogens with one attached hydrogen (secondary N) is 3. The summed E-state index contributed by atoms with van der Waals surface area (Å²) in [5.74, 6) is 4.39. The molecule has 1 amide bonds. The second-order valence-corrected chi connectivity index (χ2v) is 11.6. The molecule has 1 aliphatic heterocycles. The quantitative estimate of drug-likeness (QED) is 0.354. The zero-order valence-corrected chi connectivity index (χ0v) is 22.4. The molecule has 0 radical (unpaired) electrons. The van der Waals surface area contributed by atoms with Crippen LogP contribution in [0, 0.1) is 17.8 Å². The van der Waals surface area contributed by atoms with E-state index in [4.69, 9.17) is 19.8 Å². The van der Waals surface area contributed by atoms with Crippen LogP contribution in [0.2, 0.25) is 0 Å². The Hall–Kier alpha value is -3.20. The number of benzene rings is 1. The van der Waals surface area contributed by atoms with Gasteiger partial charge in [-0.15, -0.1) is 5.48 Å². The number of carbonyl (C=O) groups is 1. The second kappa shape index (κ2) is 10.9. The monoisotopic (exact) mass is 517 g/mol. The number of carbonyl (C=O) groups excluding carboxylic acids is 1. The number of hydroxylamine groups is 1. The molecule has 38 heavy (non-hydrogen) atoms. The SMILES string of the molecule is CC1CCC(Cn2c(CCc3ccccc3)nc3nc(C4NOC(=O)N4)nc(N[C@H](C)C4CCC4)c32)CC1. The van der Waals surface area contributed by atoms with Gasteiger partial charge in [-0.2, -0.15) is 0 Å². The van der Waals surface area contributed by atoms with Crippen molar-refractivity contribution in [2.45, 2.75) is 90.4 Å². The molecule has 0 bridgehead atoms. The minimum atomic E-state index is -0.607. The summed E-state index contributed by atoms with van der Waals surface area (Å²) in [6, 6.07) is 10.9. The largest absolute Gasteiger partial charge is 0.427 e. The fraction of sp³-hybridized carbons (Fsp3) is 0.586. The average molecular weight is 518 g/mol. The first-order valence-corrected chi connectivity index (χ1v) is 14.3. The maximum Gasteiger partial charge on any atom is 0.427 e. The van der Waals surface area contributed by atoms with Gasteiger partial charge in [0.15, 0.2) is 23.5 Å². The first-order chi connectivity index (χ1) is 18.5. The molecule has 1 aromatic carbocycles. The van der Waals surface area contributed by atoms with Gasteiger partial charge in [-0.25, -0.2) is 19.7 Å². The summed E-state index contributed by atoms with van der Waals surface area (Å²) in [6.45, 7) is 5.55. The number of amides is 1. The van der Waals surface area contributed by atoms with Crippen LogP contribution < -0.4 is 16.1 Å². The number of fused-ring (bicyclic) bond motifs is 1. The molecule has 9 heteroatoms. The zero-order valence-electron chi connectivity index (χ0n) is 22.4. The first-order valence-electron chi connectivity index (χ1n) is 14.3. The second-order valence-electron chi connectivity index (χ2n) is 11.6. The van der Waals surface area contributed by atoms with Crippen LogP contribution in [0.15, 0.2) is 30.3 Å². The van der Waals surface area contributed by atoms with E-state index < -0.39 is 12.3 Å². The molecule has 2 saturated carbocycles. The number of hydrogen-bond donors (Lipinski definition) is 3. The molecule has 3 heterocycles. The normalized spacial score (nSPS) is 24.6. The predicted octanol–water partition coefficient (Wildman–Crippen LogP) is 5.28. The van der Waals surface area contributed by atoms with Crippen LogP contribution in [0.5, 0.6) is 0 Å². The minimum absolute atomic E-state index is 0.295. The van der Waals surface area contributed by atoms with Crippen molar-refractivity contribution >= 4 is 23.1 Å². The van der Waals surface area contributed by atoms with Gasteiger partial charge < -0.3 is 14.7 Å². The van der Waals surface area contributed by atoms with E-state index in [1.807, 2.05) is 0 Å². The number of aromatic nitrogens is 4. The van der Waals surface area contributed by atoms with Crippen LogP contribution in [0.1, 0.15) is 82.2 Å². The molecular weight excluding hydrogens is 478 g/mol. The minimum Gasteiger partial charge on any atom is -0.365 e. The molecule has 3 fully saturated rings. The highest BCUT2D eigenvalue weighted by molar-refractivity contribution is 5.84. The molecule has 202 valence electrons. The van der Waals surface area contributed by atoms with Gasteiger partial charge in [-0.1, -0.05) is 56.5 Å². The molecule has 3 N–H and O–H groups in total. The van der Waals surface area contributed by atoms with E-state index in [1.54, 1.807) is 0 Å². The maximum absolute atomic E-state index is 11.7. The molecule has 3 aliphatic rings. The Morgan fingerprint density at radius 3 is 2.53 bits per heavy atom. The summed E-state index contributed by atoms with van der Waals surface area (Å²) in [7, 11) is 0. The number of hydrogen-bond acceptors (Lipinski definition) is 7. The van der Waals surface area contributed by atoms with Crippen LogP contribution in [-0.4, -0.2) is 31.7 Å². The lowest BCUT2D eigenvalue weighted by molar-refractivity contribution is 0.120. The Morgan fingerprint density at radius 1 is 1.05 bits per heavy atom. The highest BCUT2D eigenvalue weighted by Crippen LogP contribution is 2.35. The third-order valence-corrected chi connectivity index (χ3v) is 8.77. The van der Waals surface area contributed by atoms with Gasteiger partial charge in [0.1, 0.15) is 11.3 Å². The first kappa shape index (κ1) is 25.1. The van der Waals surface area contributed by atoms with E-state index in [1.165, 1.54) is 50.5 Å². The van der Waals surface area contributed by atoms with Crippen LogP contribution in [-0.2, 0) is 24.2 Å². The molecule has 9 nitrogen and oxygen atoms in total. The summed E-state index contributed by atoms with van der Waals surface area (Å²) in [4.78, 5) is 31.5. The van der Waals surface area contributed by atoms with E-state index in [2.05, 4.69) is 64.9 Å². The van der Waals surface area contributed by atoms with E-state index in [0.717, 1.165) is 42.5 Å². The number of imidazole rings is 1. The van der Waals surface area contributed by atoms with E-state index in [9.17, 15) is 4.79 Å². The van der Waals surface area contributed by atoms with Gasteiger partial charge in [0.05, 0.1) is 0 Å². The van der Waals surface area contributed by atoms with Crippen LogP contribution in [0.4, 0.5) is 10.6 Å². The molecular formula is C29H39N7O2. The average Bonchev–Trinajstić information content (AvgIpc) is 3.47. The fourth-order valence-corrected chi connectivity index (χ4v) is 6.07. The van der Waals surface area contributed by atoms with E-state index in [-0.39, 0.29) is 0 Å². The summed E-state index contributed by atoms with van der Waals surface area (Å²) >= 11 is 0. The van der Waals surface area contributed by atoms with Gasteiger partial charge in [-0.3, -0.25) is 5.32 Å². The third-order valence-electron chi connectivity index (χ3n) is 8.77. The number of anilines is 1. The van der Waals surface area contributed by atoms with Crippen molar-refractivity contribution in [3.8, 4) is 0 Å². The van der Waals surface area contributed by atoms with Crippen molar-refractivity contribution in [3.05, 3.63) is 47.5 Å². The van der Waals surface area contributed by atoms with Crippen molar-refractivity contribution < 1.29 is 9.63 Å². The molecule has 6 rings (SSSR count). The number of aryl methyl sites for hydroxylation is 2. The van der Waals surface area contributed by atoms with Crippen molar-refractivity contribution in [1.29, 1.82) is 0 Å². The molecule has 3 aromatic rings. The van der Waals surface area contributed by atoms with Gasteiger partial charge in [0.2, 0.25) is 0 Å². The van der Waals surface area contributed by atoms with Crippen molar-refractivity contribution in [2.75, 3.05) is 5.32 Å². The topological polar surface area (TPSA) is 106 Å². The molecule has 1 unspecified atom stereocenters. The van der Waals surface area contributed by atoms with Gasteiger partial charge >= 0.3 is 6.09 Å². The lowest BCUT2D eigenvalue weighted by Crippen LogP contribution is -2.32. The Morgan fingerprint density at radius 2 is 1.84 bits per heavy atom. The zero-order chi connectivity index (χ0) is 26.1. The molecule has 0 spiro atoms. The van der Waals surface area contributed by atoms with Crippen LogP contribution in [0.3, 0.4) is 0 Å². The molecule has 1 saturated heterocycles. The van der Waals surface area contributed by atoms with Crippen LogP contribution in [0.25, 0.3) is 11.2 Å². The van der Waals surface area contributed by atoms with E-state index >= 15 is 0 Å². The van der Waals surface area contributed by atoms with Gasteiger partial charge in [0.25, 0.3) is 0 Å². The third kappa shape index (κ3) is 5.34. The maximum atomic E-state index is 11.7. The highest BCUT2D eigenvalue weighted by Gasteiger charge is 2.31. The Bertz CT molecular complexity index is 1260. The fourth-order valence-electron chi connectivity index (χ4n) is 6.07. The van der Waals surface area contributed by atoms with Gasteiger partial charge in [-0.05, 0) is 62.3 Å². The summed E-state index contributed by atoms with van der Waals surface area (Å²) in [5.41, 5.74) is 5.66. The summed E-state index contributed by atoms with van der Waals surface area (Å²) < 4.78 is 2.40. The van der Waals surface area contributed by atoms with Crippen LogP contribution >= 0.6 is 0 Å². The number of nitrogens with zero attached hydrogens (tertiary/aromatic N) is 4. The van der Waals surface area contributed by atoms with Crippen molar-refractivity contribution in [3.63, 3.8) is 0 Å². The van der Waals surface area contributed by atoms with Crippen molar-refractivity contribution in [2.24, 2.45) is 17.8 Å². The van der Waals surface area contributed by atoms with E-state index in [0.29, 0.717) is 29.3 Å². The Kier molecular flexibility index (Phi) is 7.19. The smallest absolute Gasteiger partial charge is 0.365 e. The Labute approximate surface area is 224 Å². The van der Waals surface area contributed by atoms with Gasteiger partial charge in [0, 0.05) is 19.0 Å². The summed E-state index contributed by atoms with van der Waals surface area (Å²) in [5, 5.41) is 6.48. The lowest BCUT2D eigenvalue weighted by atomic mass is 9.80. The predicted molar refractivity (Wildman–Crippen MR) is 146 cm³/mol. The van der Waals surface area contributed by atoms with Crippen molar-refractivity contribution in [1.82, 2.24) is 30.3 Å². The molecule has 2 atom stereocenters. The lowest BCUT2D eigenvalue weighted by Gasteiger charge is -2.32. The highest BCUT2D eigenvalue weighted by atomic mass is 16.7. The summed E-state index contributed by atoms with van der Waals surface area (Å²) in [6.07, 6.45) is 9.44. The molecule has 2 aromatic heterocycles. The molecule has 2 aliphatic carbocycles. The number of rotatable bonds is 9. The standard InChI is InChI=1S/C29H39N7O2/c1-18-11-13-21(14-12-18)17-36-23(16-15-20-7-4-3-5-8-20)31-26-24(36)25(30-19(2)22-9-6-10-22)32-27(33-26)28-34-29(37)38-35-28/h3-5,7-8,18-19,21-22,28,35H,6,9-17H2,1-2H3,(H,34,37)(H,30,32,33)/t18?,19-,21?,28?/m1/s1.